The largest absolute Gasteiger partial charge is 0.497 e. The van der Waals surface area contributed by atoms with Crippen molar-refractivity contribution in [3.8, 4) is 28.5 Å². The van der Waals surface area contributed by atoms with Crippen molar-refractivity contribution in [1.82, 2.24) is 4.98 Å². The van der Waals surface area contributed by atoms with Crippen LogP contribution in [0.3, 0.4) is 0 Å². The first-order chi connectivity index (χ1) is 14.3. The predicted octanol–water partition coefficient (Wildman–Crippen LogP) is 4.86. The molecule has 3 rings (SSSR count). The van der Waals surface area contributed by atoms with Gasteiger partial charge in [-0.15, -0.1) is 11.3 Å². The van der Waals surface area contributed by atoms with Gasteiger partial charge in [0.25, 0.3) is 5.91 Å². The maximum Gasteiger partial charge on any atom is 0.416 e. The Morgan fingerprint density at radius 3 is 2.60 bits per heavy atom. The lowest BCUT2D eigenvalue weighted by Crippen LogP contribution is -2.20. The summed E-state index contributed by atoms with van der Waals surface area (Å²) in [5.74, 6) is 0.609. The second-order valence-electron chi connectivity index (χ2n) is 5.97. The smallest absolute Gasteiger partial charge is 0.416 e. The molecule has 2 aromatic carbocycles. The van der Waals surface area contributed by atoms with Crippen LogP contribution >= 0.6 is 11.3 Å². The van der Waals surface area contributed by atoms with Gasteiger partial charge in [0, 0.05) is 10.9 Å². The van der Waals surface area contributed by atoms with E-state index in [0.29, 0.717) is 27.9 Å². The summed E-state index contributed by atoms with van der Waals surface area (Å²) in [5.41, 5.74) is 0.413. The minimum Gasteiger partial charge on any atom is -0.497 e. The van der Waals surface area contributed by atoms with Crippen LogP contribution in [0.5, 0.6) is 17.2 Å². The van der Waals surface area contributed by atoms with E-state index in [2.05, 4.69) is 10.3 Å². The van der Waals surface area contributed by atoms with E-state index in [1.54, 1.807) is 30.7 Å². The molecule has 1 N–H and O–H groups in total. The zero-order valence-electron chi connectivity index (χ0n) is 15.9. The van der Waals surface area contributed by atoms with Crippen LogP contribution < -0.4 is 19.5 Å². The number of amides is 1. The third-order valence-corrected chi connectivity index (χ3v) is 4.72. The van der Waals surface area contributed by atoms with E-state index in [1.165, 1.54) is 30.6 Å². The van der Waals surface area contributed by atoms with Gasteiger partial charge in [0.2, 0.25) is 0 Å². The van der Waals surface area contributed by atoms with Crippen molar-refractivity contribution in [2.45, 2.75) is 6.18 Å². The number of methoxy groups -OCH3 is 2. The van der Waals surface area contributed by atoms with Crippen molar-refractivity contribution >= 4 is 22.4 Å². The van der Waals surface area contributed by atoms with Crippen LogP contribution in [-0.4, -0.2) is 31.7 Å². The molecule has 0 saturated carbocycles. The monoisotopic (exact) mass is 438 g/mol. The summed E-state index contributed by atoms with van der Waals surface area (Å²) in [4.78, 5) is 16.5. The zero-order chi connectivity index (χ0) is 21.7. The van der Waals surface area contributed by atoms with Crippen LogP contribution in [0, 0.1) is 0 Å². The summed E-state index contributed by atoms with van der Waals surface area (Å²) in [5, 5.41) is 4.61. The lowest BCUT2D eigenvalue weighted by molar-refractivity contribution is -0.137. The molecule has 30 heavy (non-hydrogen) atoms. The first kappa shape index (κ1) is 21.4. The van der Waals surface area contributed by atoms with E-state index in [1.807, 2.05) is 0 Å². The number of nitrogens with one attached hydrogen (secondary N) is 1. The number of hydrogen-bond acceptors (Lipinski definition) is 6. The molecule has 10 heteroatoms. The molecule has 0 aliphatic rings. The minimum absolute atomic E-state index is 0.0547. The second-order valence-corrected chi connectivity index (χ2v) is 6.82. The zero-order valence-corrected chi connectivity index (χ0v) is 16.8. The highest BCUT2D eigenvalue weighted by atomic mass is 32.1. The Morgan fingerprint density at radius 1 is 1.10 bits per heavy atom. The SMILES string of the molecule is COc1ccc(OC)c(-c2csc(NC(=O)COc3cccc(C(F)(F)F)c3)n2)c1. The third kappa shape index (κ3) is 5.20. The summed E-state index contributed by atoms with van der Waals surface area (Å²) >= 11 is 1.19. The quantitative estimate of drug-likeness (QED) is 0.570. The summed E-state index contributed by atoms with van der Waals surface area (Å²) in [6, 6.07) is 9.58. The Hall–Kier alpha value is -3.27. The van der Waals surface area contributed by atoms with Crippen molar-refractivity contribution in [2.75, 3.05) is 26.1 Å². The Kier molecular flexibility index (Phi) is 6.46. The average molecular weight is 438 g/mol. The molecular formula is C20H17F3N2O4S. The van der Waals surface area contributed by atoms with Gasteiger partial charge in [0.1, 0.15) is 17.2 Å². The topological polar surface area (TPSA) is 69.7 Å². The molecule has 3 aromatic rings. The standard InChI is InChI=1S/C20H17F3N2O4S/c1-27-13-6-7-17(28-2)15(9-13)16-11-30-19(24-16)25-18(26)10-29-14-5-3-4-12(8-14)20(21,22)23/h3-9,11H,10H2,1-2H3,(H,24,25,26). The Bertz CT molecular complexity index is 1040. The van der Waals surface area contributed by atoms with E-state index >= 15 is 0 Å². The Morgan fingerprint density at radius 2 is 1.90 bits per heavy atom. The fraction of sp³-hybridized carbons (Fsp3) is 0.200. The first-order valence-electron chi connectivity index (χ1n) is 8.58. The number of hydrogen-bond donors (Lipinski definition) is 1. The molecule has 0 radical (unpaired) electrons. The van der Waals surface area contributed by atoms with Crippen molar-refractivity contribution in [3.63, 3.8) is 0 Å². The van der Waals surface area contributed by atoms with Gasteiger partial charge in [-0.3, -0.25) is 10.1 Å². The van der Waals surface area contributed by atoms with Gasteiger partial charge in [-0.2, -0.15) is 13.2 Å². The molecule has 0 saturated heterocycles. The van der Waals surface area contributed by atoms with E-state index in [-0.39, 0.29) is 5.75 Å². The number of aromatic nitrogens is 1. The molecule has 0 unspecified atom stereocenters. The second kappa shape index (κ2) is 9.04. The fourth-order valence-corrected chi connectivity index (χ4v) is 3.26. The molecule has 1 amide bonds. The van der Waals surface area contributed by atoms with Crippen LogP contribution in [0.25, 0.3) is 11.3 Å². The first-order valence-corrected chi connectivity index (χ1v) is 9.46. The van der Waals surface area contributed by atoms with Crippen LogP contribution in [0.15, 0.2) is 47.8 Å². The number of ether oxygens (including phenoxy) is 3. The Labute approximate surface area is 174 Å². The predicted molar refractivity (Wildman–Crippen MR) is 106 cm³/mol. The number of rotatable bonds is 7. The summed E-state index contributed by atoms with van der Waals surface area (Å²) in [6.07, 6.45) is -4.49. The van der Waals surface area contributed by atoms with Gasteiger partial charge in [-0.25, -0.2) is 4.98 Å². The van der Waals surface area contributed by atoms with Crippen LogP contribution in [0.4, 0.5) is 18.3 Å². The lowest BCUT2D eigenvalue weighted by atomic mass is 10.1. The van der Waals surface area contributed by atoms with Gasteiger partial charge in [0.15, 0.2) is 11.7 Å². The maximum atomic E-state index is 12.7. The summed E-state index contributed by atoms with van der Waals surface area (Å²) < 4.78 is 53.9. The van der Waals surface area contributed by atoms with Crippen molar-refractivity contribution < 1.29 is 32.2 Å². The highest BCUT2D eigenvalue weighted by Gasteiger charge is 2.30. The number of nitrogens with zero attached hydrogens (tertiary/aromatic N) is 1. The van der Waals surface area contributed by atoms with Crippen molar-refractivity contribution in [1.29, 1.82) is 0 Å². The van der Waals surface area contributed by atoms with Gasteiger partial charge in [0.05, 0.1) is 25.5 Å². The van der Waals surface area contributed by atoms with Gasteiger partial charge >= 0.3 is 6.18 Å². The number of anilines is 1. The van der Waals surface area contributed by atoms with Crippen LogP contribution in [0.1, 0.15) is 5.56 Å². The number of halogens is 3. The lowest BCUT2D eigenvalue weighted by Gasteiger charge is -2.10. The highest BCUT2D eigenvalue weighted by molar-refractivity contribution is 7.14. The normalized spacial score (nSPS) is 11.1. The molecule has 0 spiro atoms. The molecule has 158 valence electrons. The van der Waals surface area contributed by atoms with E-state index in [0.717, 1.165) is 12.1 Å². The number of benzene rings is 2. The van der Waals surface area contributed by atoms with Crippen molar-refractivity contribution in [3.05, 3.63) is 53.4 Å². The Balaban J connectivity index is 1.65. The summed E-state index contributed by atoms with van der Waals surface area (Å²) in [7, 11) is 3.08. The third-order valence-electron chi connectivity index (χ3n) is 3.96. The number of alkyl halides is 3. The van der Waals surface area contributed by atoms with E-state index in [4.69, 9.17) is 14.2 Å². The molecule has 6 nitrogen and oxygen atoms in total. The highest BCUT2D eigenvalue weighted by Crippen LogP contribution is 2.35. The molecular weight excluding hydrogens is 421 g/mol. The minimum atomic E-state index is -4.49. The van der Waals surface area contributed by atoms with E-state index < -0.39 is 24.3 Å². The fourth-order valence-electron chi connectivity index (χ4n) is 2.54. The molecule has 1 aromatic heterocycles. The number of thiazole rings is 1. The molecule has 0 aliphatic carbocycles. The van der Waals surface area contributed by atoms with Gasteiger partial charge < -0.3 is 14.2 Å². The molecule has 1 heterocycles. The van der Waals surface area contributed by atoms with Gasteiger partial charge in [-0.1, -0.05) is 6.07 Å². The molecule has 0 atom stereocenters. The van der Waals surface area contributed by atoms with Crippen LogP contribution in [-0.2, 0) is 11.0 Å². The van der Waals surface area contributed by atoms with E-state index in [9.17, 15) is 18.0 Å². The number of carbonyl (C=O) groups is 1. The van der Waals surface area contributed by atoms with Crippen LogP contribution in [0.2, 0.25) is 0 Å². The molecule has 0 aliphatic heterocycles. The molecule has 0 fully saturated rings. The average Bonchev–Trinajstić information content (AvgIpc) is 3.19. The number of carbonyl (C=O) groups excluding carboxylic acids is 1. The summed E-state index contributed by atoms with van der Waals surface area (Å²) in [6.45, 7) is -0.460. The molecule has 0 bridgehead atoms. The van der Waals surface area contributed by atoms with Gasteiger partial charge in [-0.05, 0) is 36.4 Å². The maximum absolute atomic E-state index is 12.7. The van der Waals surface area contributed by atoms with Crippen molar-refractivity contribution in [2.24, 2.45) is 0 Å².